The Balaban J connectivity index is 1.36. The number of ether oxygens (including phenoxy) is 1. The maximum atomic E-state index is 13.3. The second-order valence-electron chi connectivity index (χ2n) is 10.1. The van der Waals surface area contributed by atoms with Crippen LogP contribution in [0.3, 0.4) is 0 Å². The van der Waals surface area contributed by atoms with E-state index in [1.54, 1.807) is 4.90 Å². The number of nitrogens with zero attached hydrogens (tertiary/aromatic N) is 2. The fraction of sp³-hybridized carbons (Fsp3) is 0.483. The largest absolute Gasteiger partial charge is 0.445 e. The molecule has 1 aliphatic heterocycles. The van der Waals surface area contributed by atoms with Crippen molar-refractivity contribution in [3.8, 4) is 0 Å². The van der Waals surface area contributed by atoms with E-state index >= 15 is 0 Å². The molecule has 2 aromatic carbocycles. The Kier molecular flexibility index (Phi) is 9.33. The highest BCUT2D eigenvalue weighted by Gasteiger charge is 2.34. The maximum absolute atomic E-state index is 13.3. The smallest absolute Gasteiger partial charge is 0.410 e. The third-order valence-electron chi connectivity index (χ3n) is 7.73. The highest BCUT2D eigenvalue weighted by atomic mass is 19.1. The molecule has 1 heterocycles. The van der Waals surface area contributed by atoms with Crippen LogP contribution in [0, 0.1) is 11.7 Å². The SMILES string of the molecule is CCN1CCN(C(=O)OCc2ccc([C@@H]3CCCC[C@H]3C(=O)N[C@H](C(N)=O)c3ccc(F)cc3)cc2)CC1. The minimum atomic E-state index is -1.02. The first-order valence-corrected chi connectivity index (χ1v) is 13.4. The molecule has 0 radical (unpaired) electrons. The van der Waals surface area contributed by atoms with Gasteiger partial charge in [-0.2, -0.15) is 0 Å². The van der Waals surface area contributed by atoms with Gasteiger partial charge in [0.15, 0.2) is 0 Å². The fourth-order valence-electron chi connectivity index (χ4n) is 5.41. The summed E-state index contributed by atoms with van der Waals surface area (Å²) < 4.78 is 18.9. The molecule has 9 heteroatoms. The van der Waals surface area contributed by atoms with Crippen LogP contribution in [0.25, 0.3) is 0 Å². The van der Waals surface area contributed by atoms with E-state index in [0.717, 1.165) is 50.0 Å². The number of carbonyl (C=O) groups is 3. The third kappa shape index (κ3) is 6.89. The van der Waals surface area contributed by atoms with Gasteiger partial charge in [-0.15, -0.1) is 0 Å². The zero-order valence-electron chi connectivity index (χ0n) is 21.9. The van der Waals surface area contributed by atoms with Gasteiger partial charge < -0.3 is 25.6 Å². The fourth-order valence-corrected chi connectivity index (χ4v) is 5.41. The average molecular weight is 525 g/mol. The van der Waals surface area contributed by atoms with Gasteiger partial charge in [0, 0.05) is 32.1 Å². The summed E-state index contributed by atoms with van der Waals surface area (Å²) in [6, 6.07) is 12.2. The first-order valence-electron chi connectivity index (χ1n) is 13.4. The zero-order chi connectivity index (χ0) is 27.1. The second-order valence-corrected chi connectivity index (χ2v) is 10.1. The molecule has 4 rings (SSSR count). The molecule has 0 unspecified atom stereocenters. The van der Waals surface area contributed by atoms with Crippen LogP contribution >= 0.6 is 0 Å². The summed E-state index contributed by atoms with van der Waals surface area (Å²) >= 11 is 0. The molecule has 8 nitrogen and oxygen atoms in total. The second kappa shape index (κ2) is 12.9. The van der Waals surface area contributed by atoms with Crippen LogP contribution < -0.4 is 11.1 Å². The van der Waals surface area contributed by atoms with Crippen molar-refractivity contribution in [2.24, 2.45) is 11.7 Å². The monoisotopic (exact) mass is 524 g/mol. The Morgan fingerprint density at radius 3 is 2.29 bits per heavy atom. The van der Waals surface area contributed by atoms with Crippen molar-refractivity contribution in [3.05, 3.63) is 71.0 Å². The molecule has 1 saturated heterocycles. The quantitative estimate of drug-likeness (QED) is 0.548. The average Bonchev–Trinajstić information content (AvgIpc) is 2.95. The van der Waals surface area contributed by atoms with Crippen molar-refractivity contribution in [2.45, 2.75) is 51.2 Å². The van der Waals surface area contributed by atoms with E-state index in [0.29, 0.717) is 25.1 Å². The number of rotatable bonds is 8. The molecule has 2 aromatic rings. The number of hydrogen-bond acceptors (Lipinski definition) is 5. The number of primary amides is 1. The van der Waals surface area contributed by atoms with Crippen LogP contribution in [0.5, 0.6) is 0 Å². The van der Waals surface area contributed by atoms with Gasteiger partial charge in [-0.25, -0.2) is 9.18 Å². The van der Waals surface area contributed by atoms with E-state index in [-0.39, 0.29) is 30.4 Å². The zero-order valence-corrected chi connectivity index (χ0v) is 21.9. The number of nitrogens with two attached hydrogens (primary N) is 1. The van der Waals surface area contributed by atoms with E-state index < -0.39 is 17.8 Å². The normalized spacial score (nSPS) is 20.9. The molecule has 3 amide bonds. The van der Waals surface area contributed by atoms with Crippen molar-refractivity contribution < 1.29 is 23.5 Å². The summed E-state index contributed by atoms with van der Waals surface area (Å²) in [6.07, 6.45) is 3.20. The summed E-state index contributed by atoms with van der Waals surface area (Å²) in [7, 11) is 0. The summed E-state index contributed by atoms with van der Waals surface area (Å²) in [5, 5.41) is 2.80. The summed E-state index contributed by atoms with van der Waals surface area (Å²) in [5.41, 5.74) is 7.94. The van der Waals surface area contributed by atoms with Crippen LogP contribution in [-0.2, 0) is 20.9 Å². The molecule has 2 aliphatic rings. The van der Waals surface area contributed by atoms with Crippen LogP contribution in [0.2, 0.25) is 0 Å². The number of nitrogens with one attached hydrogen (secondary N) is 1. The Labute approximate surface area is 223 Å². The lowest BCUT2D eigenvalue weighted by Gasteiger charge is -2.33. The van der Waals surface area contributed by atoms with Gasteiger partial charge in [-0.3, -0.25) is 9.59 Å². The minimum Gasteiger partial charge on any atom is -0.445 e. The number of carbonyl (C=O) groups excluding carboxylic acids is 3. The molecule has 0 spiro atoms. The molecule has 38 heavy (non-hydrogen) atoms. The van der Waals surface area contributed by atoms with Gasteiger partial charge in [0.05, 0.1) is 0 Å². The number of hydrogen-bond donors (Lipinski definition) is 2. The van der Waals surface area contributed by atoms with Gasteiger partial charge in [0.1, 0.15) is 18.5 Å². The van der Waals surface area contributed by atoms with Crippen LogP contribution in [0.4, 0.5) is 9.18 Å². The molecule has 1 saturated carbocycles. The molecule has 3 N–H and O–H groups in total. The van der Waals surface area contributed by atoms with E-state index in [1.165, 1.54) is 24.3 Å². The molecule has 0 aromatic heterocycles. The standard InChI is InChI=1S/C29H37FN4O4/c1-2-33-15-17-34(18-16-33)29(37)38-19-20-7-9-21(10-8-20)24-5-3-4-6-25(24)28(36)32-26(27(31)35)22-11-13-23(30)14-12-22/h7-14,24-26H,2-6,15-19H2,1H3,(H2,31,35)(H,32,36)/t24-,25+,26-/m0/s1. The van der Waals surface area contributed by atoms with Crippen molar-refractivity contribution in [1.29, 1.82) is 0 Å². The van der Waals surface area contributed by atoms with Gasteiger partial charge in [-0.1, -0.05) is 56.2 Å². The van der Waals surface area contributed by atoms with E-state index in [9.17, 15) is 18.8 Å². The lowest BCUT2D eigenvalue weighted by molar-refractivity contribution is -0.131. The van der Waals surface area contributed by atoms with Crippen LogP contribution in [0.15, 0.2) is 48.5 Å². The Morgan fingerprint density at radius 2 is 1.66 bits per heavy atom. The number of halogens is 1. The van der Waals surface area contributed by atoms with E-state index in [1.807, 2.05) is 24.3 Å². The van der Waals surface area contributed by atoms with Crippen molar-refractivity contribution in [2.75, 3.05) is 32.7 Å². The highest BCUT2D eigenvalue weighted by molar-refractivity contribution is 5.89. The summed E-state index contributed by atoms with van der Waals surface area (Å²) in [5.74, 6) is -1.66. The molecule has 1 aliphatic carbocycles. The predicted molar refractivity (Wildman–Crippen MR) is 141 cm³/mol. The van der Waals surface area contributed by atoms with Crippen molar-refractivity contribution in [3.63, 3.8) is 0 Å². The molecule has 3 atom stereocenters. The maximum Gasteiger partial charge on any atom is 0.410 e. The first kappa shape index (κ1) is 27.6. The highest BCUT2D eigenvalue weighted by Crippen LogP contribution is 2.38. The van der Waals surface area contributed by atoms with Crippen LogP contribution in [0.1, 0.15) is 61.3 Å². The number of benzene rings is 2. The topological polar surface area (TPSA) is 105 Å². The molecule has 204 valence electrons. The summed E-state index contributed by atoms with van der Waals surface area (Å²) in [6.45, 7) is 6.37. The summed E-state index contributed by atoms with van der Waals surface area (Å²) in [4.78, 5) is 41.9. The van der Waals surface area contributed by atoms with Crippen LogP contribution in [-0.4, -0.2) is 60.4 Å². The molecular weight excluding hydrogens is 487 g/mol. The first-order chi connectivity index (χ1) is 18.4. The number of amides is 3. The molecule has 2 fully saturated rings. The number of piperazine rings is 1. The number of likely N-dealkylation sites (N-methyl/N-ethyl adjacent to an activating group) is 1. The van der Waals surface area contributed by atoms with Crippen molar-refractivity contribution >= 4 is 17.9 Å². The van der Waals surface area contributed by atoms with Crippen molar-refractivity contribution in [1.82, 2.24) is 15.1 Å². The Hall–Kier alpha value is -3.46. The van der Waals surface area contributed by atoms with E-state index in [4.69, 9.17) is 10.5 Å². The lowest BCUT2D eigenvalue weighted by atomic mass is 9.74. The van der Waals surface area contributed by atoms with Gasteiger partial charge in [0.2, 0.25) is 11.8 Å². The Bertz CT molecular complexity index is 1100. The minimum absolute atomic E-state index is 0.00282. The predicted octanol–water partition coefficient (Wildman–Crippen LogP) is 3.72. The lowest BCUT2D eigenvalue weighted by Crippen LogP contribution is -2.48. The third-order valence-corrected chi connectivity index (χ3v) is 7.73. The van der Waals surface area contributed by atoms with E-state index in [2.05, 4.69) is 17.1 Å². The van der Waals surface area contributed by atoms with Gasteiger partial charge in [-0.05, 0) is 54.1 Å². The molecule has 0 bridgehead atoms. The Morgan fingerprint density at radius 1 is 1.00 bits per heavy atom. The molecular formula is C29H37FN4O4. The van der Waals surface area contributed by atoms with Gasteiger partial charge in [0.25, 0.3) is 0 Å². The van der Waals surface area contributed by atoms with Gasteiger partial charge >= 0.3 is 6.09 Å².